The standard InChI is InChI=1S/C64H112O6/c1-4-7-10-13-16-19-22-24-26-28-29-30-31-32-33-34-35-36-38-39-42-45-48-51-54-57-63(66)69-60-61(59-68-62(65)56-53-50-47-44-41-21-18-15-12-9-6-3)70-64(67)58-55-52-49-46-43-40-37-27-25-23-20-17-14-11-8-5-2/h7,10,16,19,24,26-27,29-30,32-33,37,61H,4-6,8-9,11-15,17-18,20-23,25,28,31,34-36,38-60H2,1-3H3/b10-7-,19-16-,26-24-,30-29-,33-32-,37-27-. The third-order valence-corrected chi connectivity index (χ3v) is 12.9. The van der Waals surface area contributed by atoms with E-state index >= 15 is 0 Å². The molecule has 0 spiro atoms. The molecule has 0 aromatic heterocycles. The zero-order chi connectivity index (χ0) is 50.7. The fraction of sp³-hybridized carbons (Fsp3) is 0.766. The van der Waals surface area contributed by atoms with Gasteiger partial charge >= 0.3 is 17.9 Å². The average Bonchev–Trinajstić information content (AvgIpc) is 3.36. The molecule has 404 valence electrons. The molecule has 1 unspecified atom stereocenters. The molecular formula is C64H112O6. The van der Waals surface area contributed by atoms with Crippen LogP contribution in [0.2, 0.25) is 0 Å². The predicted molar refractivity (Wildman–Crippen MR) is 302 cm³/mol. The van der Waals surface area contributed by atoms with Crippen molar-refractivity contribution in [1.29, 1.82) is 0 Å². The first-order valence-corrected chi connectivity index (χ1v) is 29.9. The molecule has 70 heavy (non-hydrogen) atoms. The lowest BCUT2D eigenvalue weighted by molar-refractivity contribution is -0.167. The third kappa shape index (κ3) is 55.8. The summed E-state index contributed by atoms with van der Waals surface area (Å²) in [4.78, 5) is 38.1. The maximum atomic E-state index is 12.8. The van der Waals surface area contributed by atoms with Crippen molar-refractivity contribution >= 4 is 17.9 Å². The highest BCUT2D eigenvalue weighted by Crippen LogP contribution is 2.16. The molecule has 6 heteroatoms. The van der Waals surface area contributed by atoms with Crippen LogP contribution in [-0.2, 0) is 28.6 Å². The number of carbonyl (C=O) groups excluding carboxylic acids is 3. The first-order valence-electron chi connectivity index (χ1n) is 29.9. The number of rotatable bonds is 54. The zero-order valence-corrected chi connectivity index (χ0v) is 46.3. The van der Waals surface area contributed by atoms with Gasteiger partial charge in [0.2, 0.25) is 0 Å². The summed E-state index contributed by atoms with van der Waals surface area (Å²) in [6.45, 7) is 6.53. The van der Waals surface area contributed by atoms with Crippen LogP contribution in [0.1, 0.15) is 297 Å². The van der Waals surface area contributed by atoms with Crippen LogP contribution in [0.5, 0.6) is 0 Å². The molecular weight excluding hydrogens is 865 g/mol. The maximum Gasteiger partial charge on any atom is 0.306 e. The Balaban J connectivity index is 4.29. The number of carbonyl (C=O) groups is 3. The Morgan fingerprint density at radius 1 is 0.300 bits per heavy atom. The van der Waals surface area contributed by atoms with Gasteiger partial charge in [0, 0.05) is 19.3 Å². The fourth-order valence-corrected chi connectivity index (χ4v) is 8.47. The lowest BCUT2D eigenvalue weighted by atomic mass is 10.1. The highest BCUT2D eigenvalue weighted by Gasteiger charge is 2.19. The van der Waals surface area contributed by atoms with E-state index in [0.29, 0.717) is 19.3 Å². The van der Waals surface area contributed by atoms with E-state index in [2.05, 4.69) is 93.7 Å². The molecule has 1 atom stereocenters. The van der Waals surface area contributed by atoms with Gasteiger partial charge in [0.25, 0.3) is 0 Å². The number of ether oxygens (including phenoxy) is 3. The molecule has 0 aliphatic heterocycles. The van der Waals surface area contributed by atoms with Crippen molar-refractivity contribution in [3.63, 3.8) is 0 Å². The lowest BCUT2D eigenvalue weighted by Gasteiger charge is -2.18. The number of unbranched alkanes of at least 4 members (excludes halogenated alkanes) is 31. The Hall–Kier alpha value is -3.15. The molecule has 0 amide bonds. The molecule has 0 aromatic rings. The third-order valence-electron chi connectivity index (χ3n) is 12.9. The van der Waals surface area contributed by atoms with Gasteiger partial charge in [-0.15, -0.1) is 0 Å². The van der Waals surface area contributed by atoms with Crippen molar-refractivity contribution in [2.45, 2.75) is 303 Å². The fourth-order valence-electron chi connectivity index (χ4n) is 8.47. The van der Waals surface area contributed by atoms with E-state index in [9.17, 15) is 14.4 Å². The second-order valence-electron chi connectivity index (χ2n) is 19.9. The van der Waals surface area contributed by atoms with Gasteiger partial charge in [-0.2, -0.15) is 0 Å². The van der Waals surface area contributed by atoms with Crippen LogP contribution in [-0.4, -0.2) is 37.2 Å². The highest BCUT2D eigenvalue weighted by molar-refractivity contribution is 5.71. The van der Waals surface area contributed by atoms with Crippen molar-refractivity contribution < 1.29 is 28.6 Å². The molecule has 0 aromatic carbocycles. The molecule has 0 radical (unpaired) electrons. The Morgan fingerprint density at radius 3 is 0.886 bits per heavy atom. The van der Waals surface area contributed by atoms with Crippen LogP contribution in [0.25, 0.3) is 0 Å². The lowest BCUT2D eigenvalue weighted by Crippen LogP contribution is -2.30. The Morgan fingerprint density at radius 2 is 0.557 bits per heavy atom. The molecule has 0 N–H and O–H groups in total. The maximum absolute atomic E-state index is 12.8. The Kier molecular flexibility index (Phi) is 55.8. The topological polar surface area (TPSA) is 78.9 Å². The Bertz CT molecular complexity index is 1310. The quantitative estimate of drug-likeness (QED) is 0.0261. The minimum Gasteiger partial charge on any atom is -0.462 e. The summed E-state index contributed by atoms with van der Waals surface area (Å²) in [7, 11) is 0. The van der Waals surface area contributed by atoms with E-state index in [1.54, 1.807) is 0 Å². The molecule has 0 saturated carbocycles. The van der Waals surface area contributed by atoms with E-state index in [0.717, 1.165) is 109 Å². The van der Waals surface area contributed by atoms with Gasteiger partial charge in [-0.25, -0.2) is 0 Å². The smallest absolute Gasteiger partial charge is 0.306 e. The van der Waals surface area contributed by atoms with Gasteiger partial charge in [0.05, 0.1) is 0 Å². The van der Waals surface area contributed by atoms with E-state index in [1.807, 2.05) is 0 Å². The summed E-state index contributed by atoms with van der Waals surface area (Å²) in [6, 6.07) is 0. The summed E-state index contributed by atoms with van der Waals surface area (Å²) >= 11 is 0. The van der Waals surface area contributed by atoms with Gasteiger partial charge in [-0.1, -0.05) is 261 Å². The number of hydrogen-bond acceptors (Lipinski definition) is 6. The minimum absolute atomic E-state index is 0.0776. The minimum atomic E-state index is -0.780. The summed E-state index contributed by atoms with van der Waals surface area (Å²) in [6.07, 6.45) is 74.7. The van der Waals surface area contributed by atoms with Gasteiger partial charge in [0.15, 0.2) is 6.10 Å². The van der Waals surface area contributed by atoms with E-state index in [1.165, 1.54) is 148 Å². The second-order valence-corrected chi connectivity index (χ2v) is 19.9. The molecule has 0 heterocycles. The van der Waals surface area contributed by atoms with Crippen molar-refractivity contribution in [1.82, 2.24) is 0 Å². The summed E-state index contributed by atoms with van der Waals surface area (Å²) < 4.78 is 16.9. The average molecular weight is 978 g/mol. The van der Waals surface area contributed by atoms with Crippen LogP contribution in [0.15, 0.2) is 72.9 Å². The van der Waals surface area contributed by atoms with Crippen LogP contribution < -0.4 is 0 Å². The first-order chi connectivity index (χ1) is 34.5. The van der Waals surface area contributed by atoms with Crippen LogP contribution >= 0.6 is 0 Å². The SMILES string of the molecule is CC/C=C\C/C=C\C/C=C\C/C=C\C/C=C\CCCCCCCCCCCC(=O)OCC(COC(=O)CCCCCCCCCCCCC)OC(=O)CCCCCCC/C=C\CCCCCCCCC. The van der Waals surface area contributed by atoms with Crippen molar-refractivity contribution in [2.75, 3.05) is 13.2 Å². The van der Waals surface area contributed by atoms with E-state index < -0.39 is 6.10 Å². The number of hydrogen-bond donors (Lipinski definition) is 0. The number of esters is 3. The van der Waals surface area contributed by atoms with Crippen molar-refractivity contribution in [3.05, 3.63) is 72.9 Å². The molecule has 0 saturated heterocycles. The molecule has 0 rings (SSSR count). The normalized spacial score (nSPS) is 12.6. The van der Waals surface area contributed by atoms with E-state index in [4.69, 9.17) is 14.2 Å². The van der Waals surface area contributed by atoms with Crippen molar-refractivity contribution in [3.8, 4) is 0 Å². The van der Waals surface area contributed by atoms with Crippen LogP contribution in [0.4, 0.5) is 0 Å². The molecule has 0 aliphatic rings. The summed E-state index contributed by atoms with van der Waals surface area (Å²) in [5.74, 6) is -0.883. The summed E-state index contributed by atoms with van der Waals surface area (Å²) in [5.41, 5.74) is 0. The van der Waals surface area contributed by atoms with Crippen molar-refractivity contribution in [2.24, 2.45) is 0 Å². The highest BCUT2D eigenvalue weighted by atomic mass is 16.6. The molecule has 6 nitrogen and oxygen atoms in total. The molecule has 0 bridgehead atoms. The summed E-state index contributed by atoms with van der Waals surface area (Å²) in [5, 5.41) is 0. The van der Waals surface area contributed by atoms with Gasteiger partial charge in [-0.05, 0) is 89.9 Å². The number of allylic oxidation sites excluding steroid dienone is 12. The van der Waals surface area contributed by atoms with Gasteiger partial charge in [-0.3, -0.25) is 14.4 Å². The molecule has 0 aliphatic carbocycles. The second kappa shape index (κ2) is 58.4. The van der Waals surface area contributed by atoms with Crippen LogP contribution in [0, 0.1) is 0 Å². The molecule has 0 fully saturated rings. The monoisotopic (exact) mass is 977 g/mol. The first kappa shape index (κ1) is 66.9. The largest absolute Gasteiger partial charge is 0.462 e. The zero-order valence-electron chi connectivity index (χ0n) is 46.3. The van der Waals surface area contributed by atoms with Crippen LogP contribution in [0.3, 0.4) is 0 Å². The Labute approximate surface area is 433 Å². The van der Waals surface area contributed by atoms with Gasteiger partial charge < -0.3 is 14.2 Å². The van der Waals surface area contributed by atoms with E-state index in [-0.39, 0.29) is 31.1 Å². The predicted octanol–water partition coefficient (Wildman–Crippen LogP) is 20.2. The van der Waals surface area contributed by atoms with Gasteiger partial charge in [0.1, 0.15) is 13.2 Å².